The second-order valence-electron chi connectivity index (χ2n) is 5.94. The second-order valence-corrected chi connectivity index (χ2v) is 5.94. The topological polar surface area (TPSA) is 81.5 Å². The molecule has 136 valence electrons. The summed E-state index contributed by atoms with van der Waals surface area (Å²) in [6, 6.07) is 0. The van der Waals surface area contributed by atoms with Gasteiger partial charge in [0.15, 0.2) is 0 Å². The van der Waals surface area contributed by atoms with Gasteiger partial charge >= 0.3 is 5.97 Å². The molecule has 2 aliphatic rings. The molecule has 2 heterocycles. The highest BCUT2D eigenvalue weighted by Gasteiger charge is 2.51. The summed E-state index contributed by atoms with van der Waals surface area (Å²) in [5.41, 5.74) is -1.85. The maximum absolute atomic E-state index is 14.3. The van der Waals surface area contributed by atoms with Gasteiger partial charge in [0, 0.05) is 24.3 Å². The summed E-state index contributed by atoms with van der Waals surface area (Å²) in [7, 11) is 0. The number of alkyl halides is 4. The molecule has 25 heavy (non-hydrogen) atoms. The van der Waals surface area contributed by atoms with E-state index in [0.29, 0.717) is 4.68 Å². The van der Waals surface area contributed by atoms with Crippen molar-refractivity contribution in [3.63, 3.8) is 0 Å². The predicted molar refractivity (Wildman–Crippen MR) is 71.1 cm³/mol. The highest BCUT2D eigenvalue weighted by Crippen LogP contribution is 2.48. The summed E-state index contributed by atoms with van der Waals surface area (Å²) in [5.74, 6) is -7.37. The van der Waals surface area contributed by atoms with Crippen LogP contribution in [-0.4, -0.2) is 32.6 Å². The number of fused-ring (bicyclic) bond motifs is 1. The number of amides is 2. The van der Waals surface area contributed by atoms with Gasteiger partial charge in [-0.25, -0.2) is 13.6 Å². The zero-order valence-electron chi connectivity index (χ0n) is 13.0. The Balaban J connectivity index is 1.86. The predicted octanol–water partition coefficient (Wildman–Crippen LogP) is 1.71. The van der Waals surface area contributed by atoms with Gasteiger partial charge in [0.1, 0.15) is 17.9 Å². The number of aromatic nitrogens is 2. The summed E-state index contributed by atoms with van der Waals surface area (Å²) < 4.78 is 55.1. The Labute approximate surface area is 138 Å². The quantitative estimate of drug-likeness (QED) is 0.601. The van der Waals surface area contributed by atoms with Gasteiger partial charge in [-0.15, -0.1) is 5.06 Å². The van der Waals surface area contributed by atoms with Crippen molar-refractivity contribution in [1.82, 2.24) is 14.8 Å². The van der Waals surface area contributed by atoms with Gasteiger partial charge in [-0.2, -0.15) is 13.9 Å². The van der Waals surface area contributed by atoms with E-state index in [1.165, 1.54) is 6.92 Å². The molecule has 11 heteroatoms. The van der Waals surface area contributed by atoms with Crippen LogP contribution < -0.4 is 0 Å². The lowest BCUT2D eigenvalue weighted by Gasteiger charge is -2.18. The van der Waals surface area contributed by atoms with Gasteiger partial charge in [0.05, 0.1) is 0 Å². The van der Waals surface area contributed by atoms with Gasteiger partial charge in [-0.05, 0) is 6.42 Å². The summed E-state index contributed by atoms with van der Waals surface area (Å²) >= 11 is 0. The second kappa shape index (κ2) is 5.81. The molecule has 0 spiro atoms. The molecule has 1 atom stereocenters. The number of carbonyl (C=O) groups excluding carboxylic acids is 3. The molecule has 1 aliphatic heterocycles. The van der Waals surface area contributed by atoms with E-state index < -0.39 is 54.0 Å². The van der Waals surface area contributed by atoms with Crippen molar-refractivity contribution >= 4 is 17.8 Å². The Hall–Kier alpha value is -2.46. The van der Waals surface area contributed by atoms with E-state index in [1.54, 1.807) is 0 Å². The Morgan fingerprint density at radius 1 is 1.32 bits per heavy atom. The van der Waals surface area contributed by atoms with Crippen LogP contribution in [0.3, 0.4) is 0 Å². The molecule has 7 nitrogen and oxygen atoms in total. The van der Waals surface area contributed by atoms with Crippen molar-refractivity contribution in [3.8, 4) is 0 Å². The molecule has 3 rings (SSSR count). The molecule has 0 N–H and O–H groups in total. The van der Waals surface area contributed by atoms with Crippen LogP contribution in [0.15, 0.2) is 0 Å². The fraction of sp³-hybridized carbons (Fsp3) is 0.571. The van der Waals surface area contributed by atoms with E-state index >= 15 is 0 Å². The molecule has 1 aliphatic carbocycles. The molecule has 0 bridgehead atoms. The highest BCUT2D eigenvalue weighted by atomic mass is 19.3. The van der Waals surface area contributed by atoms with Gasteiger partial charge in [-0.1, -0.05) is 6.92 Å². The molecule has 0 radical (unpaired) electrons. The third kappa shape index (κ3) is 2.76. The number of rotatable bonds is 4. The van der Waals surface area contributed by atoms with Crippen LogP contribution in [0.25, 0.3) is 0 Å². The average Bonchev–Trinajstić information content (AvgIpc) is 3.09. The smallest absolute Gasteiger partial charge is 0.328 e. The van der Waals surface area contributed by atoms with Crippen LogP contribution in [0.1, 0.15) is 43.1 Å². The van der Waals surface area contributed by atoms with E-state index in [4.69, 9.17) is 0 Å². The van der Waals surface area contributed by atoms with Crippen LogP contribution >= 0.6 is 0 Å². The zero-order chi connectivity index (χ0) is 18.5. The first-order valence-corrected chi connectivity index (χ1v) is 7.45. The first-order chi connectivity index (χ1) is 11.6. The number of hydrogen-bond donors (Lipinski definition) is 0. The third-order valence-corrected chi connectivity index (χ3v) is 4.21. The van der Waals surface area contributed by atoms with Crippen LogP contribution in [0.5, 0.6) is 0 Å². The number of hydrogen-bond acceptors (Lipinski definition) is 5. The molecular weight excluding hydrogens is 350 g/mol. The lowest BCUT2D eigenvalue weighted by atomic mass is 10.1. The van der Waals surface area contributed by atoms with Gasteiger partial charge in [-0.3, -0.25) is 14.3 Å². The van der Waals surface area contributed by atoms with Crippen LogP contribution in [0.4, 0.5) is 17.6 Å². The van der Waals surface area contributed by atoms with E-state index in [9.17, 15) is 31.9 Å². The first-order valence-electron chi connectivity index (χ1n) is 7.45. The molecule has 1 aromatic rings. The minimum absolute atomic E-state index is 0.131. The third-order valence-electron chi connectivity index (χ3n) is 4.21. The Morgan fingerprint density at radius 3 is 2.48 bits per heavy atom. The monoisotopic (exact) mass is 363 g/mol. The fourth-order valence-corrected chi connectivity index (χ4v) is 2.96. The number of nitrogens with zero attached hydrogens (tertiary/aromatic N) is 3. The molecule has 2 amide bonds. The normalized spacial score (nSPS) is 22.0. The fourth-order valence-electron chi connectivity index (χ4n) is 2.96. The van der Waals surface area contributed by atoms with Crippen molar-refractivity contribution in [1.29, 1.82) is 0 Å². The van der Waals surface area contributed by atoms with Crippen molar-refractivity contribution < 1.29 is 36.8 Å². The maximum atomic E-state index is 14.3. The maximum Gasteiger partial charge on any atom is 0.354 e. The lowest BCUT2D eigenvalue weighted by molar-refractivity contribution is -0.198. The highest BCUT2D eigenvalue weighted by molar-refractivity contribution is 6.01. The van der Waals surface area contributed by atoms with E-state index in [-0.39, 0.29) is 29.9 Å². The SMILES string of the molecule is C[C@@H]1Cc2c(C(F)F)nn(CC(=O)ON3C(=O)CCC3=O)c2C1(F)F. The lowest BCUT2D eigenvalue weighted by Crippen LogP contribution is -2.34. The molecular formula is C14H13F4N3O4. The van der Waals surface area contributed by atoms with Gasteiger partial charge in [0.25, 0.3) is 24.2 Å². The largest absolute Gasteiger partial charge is 0.354 e. The van der Waals surface area contributed by atoms with Crippen LogP contribution in [0, 0.1) is 5.92 Å². The van der Waals surface area contributed by atoms with Gasteiger partial charge in [0.2, 0.25) is 0 Å². The molecule has 1 fully saturated rings. The molecule has 0 saturated carbocycles. The molecule has 0 unspecified atom stereocenters. The molecule has 1 aromatic heterocycles. The first kappa shape index (κ1) is 17.4. The Kier molecular flexibility index (Phi) is 4.04. The minimum Gasteiger partial charge on any atom is -0.328 e. The number of hydroxylamine groups is 2. The molecule has 1 saturated heterocycles. The van der Waals surface area contributed by atoms with E-state index in [1.807, 2.05) is 0 Å². The number of imide groups is 1. The standard InChI is InChI=1S/C14H13F4N3O4/c1-6-4-7-11(13(15)16)19-20(12(7)14(6,17)18)5-10(24)25-21-8(22)2-3-9(21)23/h6,13H,2-5H2,1H3/t6-/m1/s1. The van der Waals surface area contributed by atoms with E-state index in [0.717, 1.165) is 0 Å². The van der Waals surface area contributed by atoms with Crippen molar-refractivity contribution in [3.05, 3.63) is 17.0 Å². The van der Waals surface area contributed by atoms with Crippen LogP contribution in [0.2, 0.25) is 0 Å². The van der Waals surface area contributed by atoms with Crippen LogP contribution in [-0.2, 0) is 38.1 Å². The molecule has 0 aromatic carbocycles. The minimum atomic E-state index is -3.44. The number of carbonyl (C=O) groups is 3. The summed E-state index contributed by atoms with van der Waals surface area (Å²) in [6.07, 6.45) is -3.63. The Bertz CT molecular complexity index is 746. The summed E-state index contributed by atoms with van der Waals surface area (Å²) in [6.45, 7) is 0.286. The average molecular weight is 363 g/mol. The van der Waals surface area contributed by atoms with Crippen molar-refractivity contribution in [2.24, 2.45) is 5.92 Å². The zero-order valence-corrected chi connectivity index (χ0v) is 13.0. The van der Waals surface area contributed by atoms with Gasteiger partial charge < -0.3 is 4.84 Å². The Morgan fingerprint density at radius 2 is 1.92 bits per heavy atom. The number of halogens is 4. The van der Waals surface area contributed by atoms with Crippen molar-refractivity contribution in [2.45, 2.75) is 45.1 Å². The van der Waals surface area contributed by atoms with Crippen molar-refractivity contribution in [2.75, 3.05) is 0 Å². The summed E-state index contributed by atoms with van der Waals surface area (Å²) in [4.78, 5) is 39.2. The summed E-state index contributed by atoms with van der Waals surface area (Å²) in [5, 5.41) is 3.66. The van der Waals surface area contributed by atoms with E-state index in [2.05, 4.69) is 9.94 Å².